The van der Waals surface area contributed by atoms with Crippen molar-refractivity contribution in [1.29, 1.82) is 0 Å². The molecule has 2 N–H and O–H groups in total. The Kier molecular flexibility index (Phi) is 5.08. The van der Waals surface area contributed by atoms with Gasteiger partial charge in [0.2, 0.25) is 0 Å². The van der Waals surface area contributed by atoms with Gasteiger partial charge in [-0.1, -0.05) is 6.07 Å². The lowest BCUT2D eigenvalue weighted by molar-refractivity contribution is -0.274. The minimum Gasteiger partial charge on any atom is -0.466 e. The van der Waals surface area contributed by atoms with Crippen molar-refractivity contribution < 1.29 is 32.2 Å². The summed E-state index contributed by atoms with van der Waals surface area (Å²) in [5.74, 6) is -1.61. The lowest BCUT2D eigenvalue weighted by Crippen LogP contribution is -2.17. The number of primary amides is 1. The molecule has 4 rings (SSSR count). The van der Waals surface area contributed by atoms with Crippen molar-refractivity contribution in [3.05, 3.63) is 53.9 Å². The van der Waals surface area contributed by atoms with Gasteiger partial charge in [-0.05, 0) is 43.7 Å². The molecule has 1 amide bonds. The molecule has 0 unspecified atom stereocenters. The van der Waals surface area contributed by atoms with E-state index in [0.717, 1.165) is 6.07 Å². The molecule has 10 heteroatoms. The molecule has 0 aliphatic heterocycles. The molecule has 1 aliphatic rings. The third kappa shape index (κ3) is 4.18. The van der Waals surface area contributed by atoms with E-state index in [0.29, 0.717) is 23.3 Å². The number of alkyl halides is 3. The fourth-order valence-electron chi connectivity index (χ4n) is 3.61. The summed E-state index contributed by atoms with van der Waals surface area (Å²) in [7, 11) is 0. The Morgan fingerprint density at radius 2 is 2.00 bits per heavy atom. The second kappa shape index (κ2) is 7.60. The molecule has 1 aliphatic carbocycles. The summed E-state index contributed by atoms with van der Waals surface area (Å²) in [6.07, 6.45) is -4.27. The van der Waals surface area contributed by atoms with Crippen LogP contribution in [0.2, 0.25) is 0 Å². The highest BCUT2D eigenvalue weighted by Gasteiger charge is 2.46. The molecule has 7 nitrogen and oxygen atoms in total. The smallest absolute Gasteiger partial charge is 0.466 e. The van der Waals surface area contributed by atoms with E-state index < -0.39 is 18.0 Å². The molecule has 2 atom stereocenters. The number of benzene rings is 1. The van der Waals surface area contributed by atoms with Crippen LogP contribution in [0.5, 0.6) is 5.75 Å². The number of aromatic nitrogens is 2. The topological polar surface area (TPSA) is 96.4 Å². The number of amides is 1. The van der Waals surface area contributed by atoms with Crippen LogP contribution in [0.25, 0.3) is 16.7 Å². The number of nitrogens with zero attached hydrogens (tertiary/aromatic N) is 2. The van der Waals surface area contributed by atoms with Gasteiger partial charge in [-0.25, -0.2) is 4.98 Å². The van der Waals surface area contributed by atoms with Crippen molar-refractivity contribution in [2.45, 2.75) is 25.6 Å². The van der Waals surface area contributed by atoms with Gasteiger partial charge in [-0.3, -0.25) is 14.2 Å². The highest BCUT2D eigenvalue weighted by Crippen LogP contribution is 2.47. The van der Waals surface area contributed by atoms with Gasteiger partial charge in [0.1, 0.15) is 17.3 Å². The second-order valence-corrected chi connectivity index (χ2v) is 7.12. The maximum atomic E-state index is 12.7. The summed E-state index contributed by atoms with van der Waals surface area (Å²) in [5.41, 5.74) is 6.45. The van der Waals surface area contributed by atoms with Crippen molar-refractivity contribution in [3.63, 3.8) is 0 Å². The summed E-state index contributed by atoms with van der Waals surface area (Å²) in [6, 6.07) is 10.3. The van der Waals surface area contributed by atoms with Gasteiger partial charge in [-0.15, -0.1) is 13.2 Å². The molecule has 1 aromatic carbocycles. The Labute approximate surface area is 174 Å². The molecule has 2 aromatic heterocycles. The number of pyridine rings is 1. The zero-order valence-electron chi connectivity index (χ0n) is 16.3. The first-order chi connectivity index (χ1) is 14.7. The fourth-order valence-corrected chi connectivity index (χ4v) is 3.61. The van der Waals surface area contributed by atoms with Crippen molar-refractivity contribution in [1.82, 2.24) is 9.55 Å². The first-order valence-electron chi connectivity index (χ1n) is 9.53. The number of carbonyl (C=O) groups is 2. The number of ether oxygens (including phenoxy) is 2. The van der Waals surface area contributed by atoms with Crippen molar-refractivity contribution in [3.8, 4) is 11.6 Å². The monoisotopic (exact) mass is 433 g/mol. The minimum atomic E-state index is -4.86. The molecule has 0 radical (unpaired) electrons. The van der Waals surface area contributed by atoms with Gasteiger partial charge in [-0.2, -0.15) is 0 Å². The van der Waals surface area contributed by atoms with Crippen LogP contribution in [-0.4, -0.2) is 34.4 Å². The molecule has 2 heterocycles. The second-order valence-electron chi connectivity index (χ2n) is 7.12. The Morgan fingerprint density at radius 3 is 2.68 bits per heavy atom. The summed E-state index contributed by atoms with van der Waals surface area (Å²) >= 11 is 0. The number of rotatable bonds is 6. The molecule has 162 valence electrons. The van der Waals surface area contributed by atoms with Crippen LogP contribution in [-0.2, 0) is 9.53 Å². The van der Waals surface area contributed by atoms with E-state index in [-0.39, 0.29) is 35.6 Å². The SMILES string of the molecule is CCOC(=O)[C@@H]1C[C@@H]1c1cccc(-n2c(C(N)=O)cc3ccc(OC(F)(F)F)cc32)n1. The number of hydrogen-bond acceptors (Lipinski definition) is 5. The molecule has 0 saturated heterocycles. The Morgan fingerprint density at radius 1 is 1.23 bits per heavy atom. The Bertz CT molecular complexity index is 1170. The van der Waals surface area contributed by atoms with Crippen LogP contribution >= 0.6 is 0 Å². The zero-order chi connectivity index (χ0) is 22.3. The fraction of sp³-hybridized carbons (Fsp3) is 0.286. The summed E-state index contributed by atoms with van der Waals surface area (Å²) in [6.45, 7) is 2.02. The third-order valence-corrected chi connectivity index (χ3v) is 5.01. The molecule has 1 fully saturated rings. The highest BCUT2D eigenvalue weighted by atomic mass is 19.4. The lowest BCUT2D eigenvalue weighted by atomic mass is 10.2. The third-order valence-electron chi connectivity index (χ3n) is 5.01. The normalized spacial score (nSPS) is 18.1. The predicted molar refractivity (Wildman–Crippen MR) is 104 cm³/mol. The van der Waals surface area contributed by atoms with E-state index in [1.165, 1.54) is 22.8 Å². The van der Waals surface area contributed by atoms with E-state index >= 15 is 0 Å². The predicted octanol–water partition coefficient (Wildman–Crippen LogP) is 3.69. The highest BCUT2D eigenvalue weighted by molar-refractivity contribution is 5.99. The molecule has 3 aromatic rings. The number of hydrogen-bond donors (Lipinski definition) is 1. The zero-order valence-corrected chi connectivity index (χ0v) is 16.3. The lowest BCUT2D eigenvalue weighted by Gasteiger charge is -2.12. The van der Waals surface area contributed by atoms with Gasteiger partial charge in [0.25, 0.3) is 5.91 Å². The Hall–Kier alpha value is -3.56. The van der Waals surface area contributed by atoms with E-state index in [4.69, 9.17) is 10.5 Å². The van der Waals surface area contributed by atoms with Crippen LogP contribution in [0.4, 0.5) is 13.2 Å². The van der Waals surface area contributed by atoms with Gasteiger partial charge in [0, 0.05) is 23.1 Å². The minimum absolute atomic E-state index is 0.0570. The molecule has 0 spiro atoms. The van der Waals surface area contributed by atoms with Crippen LogP contribution in [0.3, 0.4) is 0 Å². The number of fused-ring (bicyclic) bond motifs is 1. The standard InChI is InChI=1S/C21H18F3N3O4/c1-2-30-20(29)14-10-13(14)15-4-3-5-18(26-15)27-16-9-12(31-21(22,23)24)7-6-11(16)8-17(27)19(25)28/h3-9,13-14H,2,10H2,1H3,(H2,25,28)/t13-,14+/m0/s1. The Balaban J connectivity index is 1.76. The average molecular weight is 433 g/mol. The largest absolute Gasteiger partial charge is 0.573 e. The summed E-state index contributed by atoms with van der Waals surface area (Å²) in [5, 5.41) is 0.492. The van der Waals surface area contributed by atoms with E-state index in [9.17, 15) is 22.8 Å². The first-order valence-corrected chi connectivity index (χ1v) is 9.53. The van der Waals surface area contributed by atoms with Gasteiger partial charge in [0.15, 0.2) is 0 Å². The molecular formula is C21H18F3N3O4. The number of esters is 1. The van der Waals surface area contributed by atoms with Crippen LogP contribution < -0.4 is 10.5 Å². The van der Waals surface area contributed by atoms with Crippen LogP contribution in [0.15, 0.2) is 42.5 Å². The van der Waals surface area contributed by atoms with E-state index in [2.05, 4.69) is 9.72 Å². The van der Waals surface area contributed by atoms with E-state index in [1.54, 1.807) is 25.1 Å². The average Bonchev–Trinajstić information content (AvgIpc) is 3.41. The quantitative estimate of drug-likeness (QED) is 0.598. The summed E-state index contributed by atoms with van der Waals surface area (Å²) in [4.78, 5) is 28.5. The van der Waals surface area contributed by atoms with E-state index in [1.807, 2.05) is 0 Å². The molecule has 1 saturated carbocycles. The maximum absolute atomic E-state index is 12.7. The van der Waals surface area contributed by atoms with Crippen molar-refractivity contribution in [2.75, 3.05) is 6.61 Å². The van der Waals surface area contributed by atoms with Crippen LogP contribution in [0, 0.1) is 5.92 Å². The van der Waals surface area contributed by atoms with Crippen molar-refractivity contribution >= 4 is 22.8 Å². The molecular weight excluding hydrogens is 415 g/mol. The van der Waals surface area contributed by atoms with Crippen molar-refractivity contribution in [2.24, 2.45) is 11.7 Å². The number of carbonyl (C=O) groups excluding carboxylic acids is 2. The van der Waals surface area contributed by atoms with Gasteiger partial charge >= 0.3 is 12.3 Å². The first kappa shape index (κ1) is 20.7. The molecule has 0 bridgehead atoms. The van der Waals surface area contributed by atoms with Crippen LogP contribution in [0.1, 0.15) is 35.4 Å². The van der Waals surface area contributed by atoms with Gasteiger partial charge < -0.3 is 15.2 Å². The number of halogens is 3. The van der Waals surface area contributed by atoms with Gasteiger partial charge in [0.05, 0.1) is 18.0 Å². The summed E-state index contributed by atoms with van der Waals surface area (Å²) < 4.78 is 48.4. The maximum Gasteiger partial charge on any atom is 0.573 e. The number of nitrogens with two attached hydrogens (primary N) is 1. The molecule has 31 heavy (non-hydrogen) atoms.